The lowest BCUT2D eigenvalue weighted by molar-refractivity contribution is 0.129. The summed E-state index contributed by atoms with van der Waals surface area (Å²) in [6.45, 7) is 9.72. The number of piperidine rings is 2. The highest BCUT2D eigenvalue weighted by atomic mass is 32.2. The van der Waals surface area contributed by atoms with E-state index in [0.717, 1.165) is 103 Å². The number of benzene rings is 1. The highest BCUT2D eigenvalue weighted by molar-refractivity contribution is 7.81. The molecule has 9 heteroatoms. The summed E-state index contributed by atoms with van der Waals surface area (Å²) in [6, 6.07) is 4.93. The highest BCUT2D eigenvalue weighted by Crippen LogP contribution is 2.36. The summed E-state index contributed by atoms with van der Waals surface area (Å²) in [5, 5.41) is 3.55. The van der Waals surface area contributed by atoms with Crippen molar-refractivity contribution in [3.05, 3.63) is 35.4 Å². The van der Waals surface area contributed by atoms with Crippen molar-refractivity contribution < 1.29 is 13.0 Å². The molecule has 0 aromatic heterocycles. The Kier molecular flexibility index (Phi) is 10.3. The van der Waals surface area contributed by atoms with Crippen LogP contribution in [0.5, 0.6) is 0 Å². The van der Waals surface area contributed by atoms with Gasteiger partial charge in [-0.15, -0.1) is 0 Å². The van der Waals surface area contributed by atoms with Gasteiger partial charge in [-0.05, 0) is 88.1 Å². The zero-order valence-corrected chi connectivity index (χ0v) is 22.7. The minimum absolute atomic E-state index is 0.108. The molecule has 2 saturated heterocycles. The average Bonchev–Trinajstić information content (AvgIpc) is 2.96. The Hall–Kier alpha value is -1.42. The van der Waals surface area contributed by atoms with E-state index in [2.05, 4.69) is 33.4 Å². The predicted molar refractivity (Wildman–Crippen MR) is 144 cm³/mol. The fraction of sp³-hybridized carbons (Fsp3) is 0.741. The molecule has 1 aromatic rings. The van der Waals surface area contributed by atoms with Gasteiger partial charge < -0.3 is 15.1 Å². The second kappa shape index (κ2) is 13.4. The van der Waals surface area contributed by atoms with Crippen LogP contribution in [-0.4, -0.2) is 95.3 Å². The number of hydrogen-bond acceptors (Lipinski definition) is 5. The third-order valence-corrected chi connectivity index (χ3v) is 9.38. The molecule has 0 radical (unpaired) electrons. The maximum absolute atomic E-state index is 14.1. The summed E-state index contributed by atoms with van der Waals surface area (Å²) >= 11 is 0. The van der Waals surface area contributed by atoms with Gasteiger partial charge in [0.2, 0.25) is 0 Å². The Bertz CT molecular complexity index is 867. The van der Waals surface area contributed by atoms with E-state index < -0.39 is 22.6 Å². The van der Waals surface area contributed by atoms with Gasteiger partial charge in [-0.3, -0.25) is 4.99 Å². The summed E-state index contributed by atoms with van der Waals surface area (Å²) < 4.78 is 42.2. The first-order valence-corrected chi connectivity index (χ1v) is 15.2. The van der Waals surface area contributed by atoms with Crippen LogP contribution in [0.1, 0.15) is 56.9 Å². The number of hydrogen-bond donors (Lipinski definition) is 1. The van der Waals surface area contributed by atoms with Crippen molar-refractivity contribution in [3.8, 4) is 0 Å². The van der Waals surface area contributed by atoms with Gasteiger partial charge in [0.1, 0.15) is 11.6 Å². The van der Waals surface area contributed by atoms with Crippen LogP contribution in [0.4, 0.5) is 8.78 Å². The summed E-state index contributed by atoms with van der Waals surface area (Å²) in [6.07, 6.45) is 9.81. The third kappa shape index (κ3) is 7.55. The van der Waals surface area contributed by atoms with E-state index in [9.17, 15) is 13.0 Å². The first kappa shape index (κ1) is 27.6. The van der Waals surface area contributed by atoms with Crippen LogP contribution in [0, 0.1) is 17.6 Å². The molecule has 1 N–H and O–H groups in total. The molecule has 0 aliphatic carbocycles. The Morgan fingerprint density at radius 3 is 2.44 bits per heavy atom. The van der Waals surface area contributed by atoms with Crippen LogP contribution in [0.2, 0.25) is 0 Å². The first-order chi connectivity index (χ1) is 17.4. The van der Waals surface area contributed by atoms with Gasteiger partial charge in [-0.1, -0.05) is 0 Å². The normalized spacial score (nSPS) is 25.8. The van der Waals surface area contributed by atoms with Crippen molar-refractivity contribution >= 4 is 17.3 Å². The van der Waals surface area contributed by atoms with Crippen LogP contribution in [0.25, 0.3) is 0 Å². The molecule has 3 unspecified atom stereocenters. The van der Waals surface area contributed by atoms with Crippen molar-refractivity contribution in [2.75, 3.05) is 58.6 Å². The molecule has 3 aliphatic rings. The maximum Gasteiger partial charge on any atom is 0.126 e. The number of nitrogens with zero attached hydrogens (tertiary/aromatic N) is 4. The lowest BCUT2D eigenvalue weighted by atomic mass is 9.78. The van der Waals surface area contributed by atoms with Crippen LogP contribution in [-0.2, 0) is 11.0 Å². The summed E-state index contributed by atoms with van der Waals surface area (Å²) in [4.78, 5) is 9.63. The standard InChI is InChI=1S/C27H43F2N5OS/c1-21-19-30-9-3-10-31-20-34(21)26-6-11-32(12-7-26)13-8-27(23-16-24(28)18-25(29)17-23)22-4-14-33(15-5-22)36(2)35/h16-18,20-22,26-27,30H,3-15,19H2,1-2H3. The van der Waals surface area contributed by atoms with E-state index in [-0.39, 0.29) is 5.92 Å². The second-order valence-electron chi connectivity index (χ2n) is 10.7. The molecule has 0 saturated carbocycles. The topological polar surface area (TPSA) is 51.2 Å². The van der Waals surface area contributed by atoms with Crippen molar-refractivity contribution in [1.29, 1.82) is 0 Å². The van der Waals surface area contributed by atoms with Gasteiger partial charge in [0.15, 0.2) is 0 Å². The Morgan fingerprint density at radius 2 is 1.78 bits per heavy atom. The molecule has 2 fully saturated rings. The molecular weight excluding hydrogens is 480 g/mol. The summed E-state index contributed by atoms with van der Waals surface area (Å²) in [7, 11) is -0.963. The quantitative estimate of drug-likeness (QED) is 0.593. The fourth-order valence-electron chi connectivity index (χ4n) is 6.19. The molecule has 0 amide bonds. The van der Waals surface area contributed by atoms with Crippen LogP contribution in [0.15, 0.2) is 23.2 Å². The zero-order valence-electron chi connectivity index (χ0n) is 21.9. The SMILES string of the molecule is CC1CNCCCN=CN1C1CCN(CCC(c2cc(F)cc(F)c2)C2CCN(S(C)=O)CC2)CC1. The fourth-order valence-corrected chi connectivity index (χ4v) is 6.92. The number of halogens is 2. The highest BCUT2D eigenvalue weighted by Gasteiger charge is 2.31. The minimum Gasteiger partial charge on any atom is -0.356 e. The van der Waals surface area contributed by atoms with Crippen LogP contribution in [0.3, 0.4) is 0 Å². The van der Waals surface area contributed by atoms with E-state index in [1.807, 2.05) is 4.31 Å². The van der Waals surface area contributed by atoms with Crippen molar-refractivity contribution in [2.24, 2.45) is 10.9 Å². The molecule has 4 rings (SSSR count). The summed E-state index contributed by atoms with van der Waals surface area (Å²) in [5.41, 5.74) is 0.771. The van der Waals surface area contributed by atoms with Crippen molar-refractivity contribution in [2.45, 2.75) is 63.5 Å². The van der Waals surface area contributed by atoms with Gasteiger partial charge >= 0.3 is 0 Å². The molecule has 0 spiro atoms. The number of nitrogens with one attached hydrogen (secondary N) is 1. The van der Waals surface area contributed by atoms with E-state index in [1.165, 1.54) is 12.1 Å². The molecular formula is C27H43F2N5OS. The molecule has 1 aromatic carbocycles. The monoisotopic (exact) mass is 523 g/mol. The van der Waals surface area contributed by atoms with Crippen LogP contribution < -0.4 is 5.32 Å². The van der Waals surface area contributed by atoms with Crippen molar-refractivity contribution in [1.82, 2.24) is 19.4 Å². The van der Waals surface area contributed by atoms with Gasteiger partial charge in [-0.25, -0.2) is 17.3 Å². The predicted octanol–water partition coefficient (Wildman–Crippen LogP) is 3.62. The lowest BCUT2D eigenvalue weighted by Gasteiger charge is -2.41. The van der Waals surface area contributed by atoms with Gasteiger partial charge in [0, 0.05) is 63.7 Å². The Morgan fingerprint density at radius 1 is 1.08 bits per heavy atom. The molecule has 202 valence electrons. The average molecular weight is 524 g/mol. The second-order valence-corrected chi connectivity index (χ2v) is 12.1. The molecule has 3 aliphatic heterocycles. The Balaban J connectivity index is 1.36. The van der Waals surface area contributed by atoms with Gasteiger partial charge in [-0.2, -0.15) is 0 Å². The molecule has 36 heavy (non-hydrogen) atoms. The first-order valence-electron chi connectivity index (χ1n) is 13.7. The number of aliphatic imine (C=N–C) groups is 1. The van der Waals surface area contributed by atoms with E-state index in [1.54, 1.807) is 6.26 Å². The maximum atomic E-state index is 14.1. The van der Waals surface area contributed by atoms with E-state index >= 15 is 0 Å². The lowest BCUT2D eigenvalue weighted by Crippen LogP contribution is -2.50. The molecule has 6 nitrogen and oxygen atoms in total. The number of rotatable bonds is 7. The van der Waals surface area contributed by atoms with Crippen molar-refractivity contribution in [3.63, 3.8) is 0 Å². The Labute approximate surface area is 218 Å². The third-order valence-electron chi connectivity index (χ3n) is 8.28. The largest absolute Gasteiger partial charge is 0.356 e. The van der Waals surface area contributed by atoms with Gasteiger partial charge in [0.25, 0.3) is 0 Å². The van der Waals surface area contributed by atoms with E-state index in [4.69, 9.17) is 0 Å². The molecule has 3 atom stereocenters. The zero-order chi connectivity index (χ0) is 25.5. The van der Waals surface area contributed by atoms with Crippen LogP contribution >= 0.6 is 0 Å². The molecule has 3 heterocycles. The summed E-state index contributed by atoms with van der Waals surface area (Å²) in [5.74, 6) is -0.552. The smallest absolute Gasteiger partial charge is 0.126 e. The van der Waals surface area contributed by atoms with Gasteiger partial charge in [0.05, 0.1) is 17.3 Å². The minimum atomic E-state index is -0.963. The van der Waals surface area contributed by atoms with E-state index in [0.29, 0.717) is 18.0 Å². The molecule has 0 bridgehead atoms. The number of likely N-dealkylation sites (tertiary alicyclic amines) is 1.